The van der Waals surface area contributed by atoms with E-state index in [-0.39, 0.29) is 23.6 Å². The van der Waals surface area contributed by atoms with E-state index in [0.717, 1.165) is 0 Å². The van der Waals surface area contributed by atoms with Crippen LogP contribution in [0.25, 0.3) is 11.0 Å². The van der Waals surface area contributed by atoms with Crippen molar-refractivity contribution < 1.29 is 13.9 Å². The third-order valence-electron chi connectivity index (χ3n) is 4.71. The molecule has 8 nitrogen and oxygen atoms in total. The molecule has 0 fully saturated rings. The number of imidazole rings is 1. The second kappa shape index (κ2) is 8.88. The highest BCUT2D eigenvalue weighted by Crippen LogP contribution is 2.20. The number of methoxy groups -OCH3 is 1. The Bertz CT molecular complexity index is 1300. The van der Waals surface area contributed by atoms with Crippen molar-refractivity contribution in [3.8, 4) is 0 Å². The highest BCUT2D eigenvalue weighted by atomic mass is 19.1. The third kappa shape index (κ3) is 4.67. The minimum Gasteiger partial charge on any atom is -0.383 e. The van der Waals surface area contributed by atoms with Crippen LogP contribution in [0.5, 0.6) is 0 Å². The van der Waals surface area contributed by atoms with Crippen LogP contribution in [0.4, 0.5) is 10.1 Å². The molecule has 0 bridgehead atoms. The van der Waals surface area contributed by atoms with Gasteiger partial charge in [0.1, 0.15) is 17.3 Å². The summed E-state index contributed by atoms with van der Waals surface area (Å²) < 4.78 is 20.0. The van der Waals surface area contributed by atoms with Crippen LogP contribution < -0.4 is 10.9 Å². The number of nitrogens with zero attached hydrogens (tertiary/aromatic N) is 3. The zero-order chi connectivity index (χ0) is 21.8. The maximum Gasteiger partial charge on any atom is 0.276 e. The number of aromatic amines is 1. The monoisotopic (exact) mass is 421 g/mol. The van der Waals surface area contributed by atoms with Gasteiger partial charge in [0, 0.05) is 25.3 Å². The minimum atomic E-state index is -0.448. The summed E-state index contributed by atoms with van der Waals surface area (Å²) >= 11 is 0. The van der Waals surface area contributed by atoms with Crippen LogP contribution in [-0.2, 0) is 17.7 Å². The van der Waals surface area contributed by atoms with Gasteiger partial charge in [-0.2, -0.15) is 5.10 Å². The number of carbonyl (C=O) groups excluding carboxylic acids is 1. The van der Waals surface area contributed by atoms with Crippen LogP contribution in [-0.4, -0.2) is 39.4 Å². The summed E-state index contributed by atoms with van der Waals surface area (Å²) in [6.45, 7) is 0.561. The fraction of sp³-hybridized carbons (Fsp3) is 0.182. The van der Waals surface area contributed by atoms with Gasteiger partial charge >= 0.3 is 0 Å². The Balaban J connectivity index is 1.52. The molecule has 0 saturated carbocycles. The van der Waals surface area contributed by atoms with Crippen LogP contribution >= 0.6 is 0 Å². The van der Waals surface area contributed by atoms with Crippen LogP contribution in [0, 0.1) is 5.82 Å². The quantitative estimate of drug-likeness (QED) is 0.478. The van der Waals surface area contributed by atoms with Crippen molar-refractivity contribution in [2.75, 3.05) is 19.0 Å². The lowest BCUT2D eigenvalue weighted by atomic mass is 10.1. The highest BCUT2D eigenvalue weighted by molar-refractivity contribution is 6.03. The maximum absolute atomic E-state index is 13.9. The first-order valence-corrected chi connectivity index (χ1v) is 9.64. The number of amides is 1. The van der Waals surface area contributed by atoms with E-state index in [4.69, 9.17) is 4.74 Å². The molecule has 4 aromatic rings. The summed E-state index contributed by atoms with van der Waals surface area (Å²) in [6.07, 6.45) is 0.329. The lowest BCUT2D eigenvalue weighted by Gasteiger charge is -2.07. The smallest absolute Gasteiger partial charge is 0.276 e. The number of hydrogen-bond acceptors (Lipinski definition) is 5. The molecule has 2 N–H and O–H groups in total. The molecule has 158 valence electrons. The van der Waals surface area contributed by atoms with Gasteiger partial charge in [-0.15, -0.1) is 0 Å². The fourth-order valence-corrected chi connectivity index (χ4v) is 3.15. The number of benzene rings is 2. The van der Waals surface area contributed by atoms with Crippen molar-refractivity contribution in [3.63, 3.8) is 0 Å². The number of fused-ring (bicyclic) bond motifs is 1. The van der Waals surface area contributed by atoms with Crippen molar-refractivity contribution in [1.82, 2.24) is 19.7 Å². The summed E-state index contributed by atoms with van der Waals surface area (Å²) in [5.74, 6) is -0.109. The van der Waals surface area contributed by atoms with Crippen molar-refractivity contribution in [3.05, 3.63) is 87.9 Å². The average Bonchev–Trinajstić information content (AvgIpc) is 3.16. The van der Waals surface area contributed by atoms with Crippen LogP contribution in [0.15, 0.2) is 59.4 Å². The molecule has 0 aliphatic rings. The van der Waals surface area contributed by atoms with Crippen molar-refractivity contribution in [2.45, 2.75) is 13.0 Å². The molecule has 0 unspecified atom stereocenters. The van der Waals surface area contributed by atoms with E-state index in [0.29, 0.717) is 41.1 Å². The van der Waals surface area contributed by atoms with Crippen LogP contribution in [0.3, 0.4) is 0 Å². The molecule has 31 heavy (non-hydrogen) atoms. The number of rotatable bonds is 7. The summed E-state index contributed by atoms with van der Waals surface area (Å²) in [5.41, 5.74) is 2.30. The first-order chi connectivity index (χ1) is 15.0. The van der Waals surface area contributed by atoms with E-state index in [1.165, 1.54) is 30.0 Å². The first kappa shape index (κ1) is 20.4. The number of halogens is 1. The lowest BCUT2D eigenvalue weighted by Crippen LogP contribution is -2.27. The Morgan fingerprint density at radius 1 is 1.19 bits per heavy atom. The molecule has 9 heteroatoms. The van der Waals surface area contributed by atoms with E-state index in [1.54, 1.807) is 36.4 Å². The number of hydrogen-bond donors (Lipinski definition) is 2. The molecular weight excluding hydrogens is 401 g/mol. The lowest BCUT2D eigenvalue weighted by molar-refractivity contribution is 0.101. The van der Waals surface area contributed by atoms with Crippen molar-refractivity contribution in [2.24, 2.45) is 0 Å². The summed E-state index contributed by atoms with van der Waals surface area (Å²) in [5, 5.41) is 6.85. The Morgan fingerprint density at radius 3 is 2.84 bits per heavy atom. The predicted molar refractivity (Wildman–Crippen MR) is 114 cm³/mol. The van der Waals surface area contributed by atoms with E-state index in [2.05, 4.69) is 20.4 Å². The topological polar surface area (TPSA) is 102 Å². The van der Waals surface area contributed by atoms with Gasteiger partial charge in [0.25, 0.3) is 11.5 Å². The van der Waals surface area contributed by atoms with Gasteiger partial charge in [0.2, 0.25) is 0 Å². The number of anilines is 1. The fourth-order valence-electron chi connectivity index (χ4n) is 3.15. The summed E-state index contributed by atoms with van der Waals surface area (Å²) in [7, 11) is 1.52. The second-order valence-corrected chi connectivity index (χ2v) is 6.91. The van der Waals surface area contributed by atoms with Crippen LogP contribution in [0.2, 0.25) is 0 Å². The van der Waals surface area contributed by atoms with Gasteiger partial charge in [-0.05, 0) is 35.9 Å². The SMILES string of the molecule is COCCn1nc(C(=O)Nc2ccc3nc(Cc4ccccc4F)[nH]c3c2)ccc1=O. The Morgan fingerprint density at radius 2 is 2.03 bits per heavy atom. The van der Waals surface area contributed by atoms with Crippen molar-refractivity contribution in [1.29, 1.82) is 0 Å². The molecule has 0 atom stereocenters. The molecule has 0 saturated heterocycles. The van der Waals surface area contributed by atoms with E-state index in [1.807, 2.05) is 0 Å². The first-order valence-electron chi connectivity index (χ1n) is 9.64. The Hall–Kier alpha value is -3.85. The highest BCUT2D eigenvalue weighted by Gasteiger charge is 2.12. The van der Waals surface area contributed by atoms with Gasteiger partial charge in [0.05, 0.1) is 24.2 Å². The molecule has 0 spiro atoms. The van der Waals surface area contributed by atoms with Gasteiger partial charge in [0.15, 0.2) is 0 Å². The van der Waals surface area contributed by atoms with E-state index in [9.17, 15) is 14.0 Å². The minimum absolute atomic E-state index is 0.112. The van der Waals surface area contributed by atoms with E-state index >= 15 is 0 Å². The summed E-state index contributed by atoms with van der Waals surface area (Å²) in [6, 6.07) is 14.4. The molecule has 0 radical (unpaired) electrons. The standard InChI is InChI=1S/C22H20FN5O3/c1-31-11-10-28-21(29)9-8-18(27-28)22(30)24-15-6-7-17-19(13-15)26-20(25-17)12-14-4-2-3-5-16(14)23/h2-9,13H,10-12H2,1H3,(H,24,30)(H,25,26). The molecule has 2 aromatic heterocycles. The number of nitrogens with one attached hydrogen (secondary N) is 2. The molecule has 0 aliphatic heterocycles. The zero-order valence-electron chi connectivity index (χ0n) is 16.8. The molecular formula is C22H20FN5O3. The molecule has 1 amide bonds. The zero-order valence-corrected chi connectivity index (χ0v) is 16.8. The number of carbonyl (C=O) groups is 1. The Labute approximate surface area is 176 Å². The number of aromatic nitrogens is 4. The van der Waals surface area contributed by atoms with Crippen LogP contribution in [0.1, 0.15) is 21.9 Å². The van der Waals surface area contributed by atoms with E-state index < -0.39 is 5.91 Å². The third-order valence-corrected chi connectivity index (χ3v) is 4.71. The molecule has 0 aliphatic carbocycles. The van der Waals surface area contributed by atoms with Crippen molar-refractivity contribution >= 4 is 22.6 Å². The largest absolute Gasteiger partial charge is 0.383 e. The summed E-state index contributed by atoms with van der Waals surface area (Å²) in [4.78, 5) is 32.1. The Kier molecular flexibility index (Phi) is 5.85. The second-order valence-electron chi connectivity index (χ2n) is 6.91. The maximum atomic E-state index is 13.9. The van der Waals surface area contributed by atoms with Gasteiger partial charge in [-0.1, -0.05) is 18.2 Å². The van der Waals surface area contributed by atoms with Gasteiger partial charge in [-0.3, -0.25) is 9.59 Å². The van der Waals surface area contributed by atoms with Gasteiger partial charge in [-0.25, -0.2) is 14.1 Å². The number of ether oxygens (including phenoxy) is 1. The molecule has 2 heterocycles. The molecule has 2 aromatic carbocycles. The number of H-pyrrole nitrogens is 1. The molecule has 4 rings (SSSR count). The van der Waals surface area contributed by atoms with Gasteiger partial charge < -0.3 is 15.0 Å². The predicted octanol–water partition coefficient (Wildman–Crippen LogP) is 2.75. The normalized spacial score (nSPS) is 11.0. The average molecular weight is 421 g/mol.